The molecule has 3 rings (SSSR count). The van der Waals surface area contributed by atoms with Gasteiger partial charge in [-0.1, -0.05) is 42.4 Å². The zero-order valence-corrected chi connectivity index (χ0v) is 17.8. The smallest absolute Gasteiger partial charge is 0.230 e. The van der Waals surface area contributed by atoms with Crippen LogP contribution >= 0.6 is 23.4 Å². The first-order chi connectivity index (χ1) is 13.6. The van der Waals surface area contributed by atoms with Crippen LogP contribution in [0.25, 0.3) is 0 Å². The number of benzene rings is 1. The lowest BCUT2D eigenvalue weighted by Crippen LogP contribution is -2.38. The number of morpholine rings is 1. The summed E-state index contributed by atoms with van der Waals surface area (Å²) in [5, 5.41) is 13.2. The van der Waals surface area contributed by atoms with E-state index in [0.29, 0.717) is 24.0 Å². The van der Waals surface area contributed by atoms with Crippen LogP contribution in [0.1, 0.15) is 31.9 Å². The minimum Gasteiger partial charge on any atom is -0.378 e. The first kappa shape index (κ1) is 21.0. The molecule has 2 heterocycles. The lowest BCUT2D eigenvalue weighted by Gasteiger charge is -2.27. The van der Waals surface area contributed by atoms with Gasteiger partial charge in [-0.15, -0.1) is 10.2 Å². The molecule has 0 bridgehead atoms. The van der Waals surface area contributed by atoms with Gasteiger partial charge in [-0.2, -0.15) is 0 Å². The van der Waals surface area contributed by atoms with E-state index in [1.165, 1.54) is 11.8 Å². The lowest BCUT2D eigenvalue weighted by atomic mass is 10.0. The van der Waals surface area contributed by atoms with Crippen molar-refractivity contribution in [1.29, 1.82) is 0 Å². The second-order valence-electron chi connectivity index (χ2n) is 6.49. The van der Waals surface area contributed by atoms with Crippen LogP contribution in [0.3, 0.4) is 0 Å². The Morgan fingerprint density at radius 2 is 1.96 bits per heavy atom. The summed E-state index contributed by atoms with van der Waals surface area (Å²) in [6.07, 6.45) is 0.810. The maximum absolute atomic E-state index is 12.5. The van der Waals surface area contributed by atoms with Gasteiger partial charge in [0.1, 0.15) is 0 Å². The molecule has 9 heteroatoms. The average molecular weight is 424 g/mol. The summed E-state index contributed by atoms with van der Waals surface area (Å²) < 4.78 is 7.46. The largest absolute Gasteiger partial charge is 0.378 e. The Kier molecular flexibility index (Phi) is 7.58. The van der Waals surface area contributed by atoms with Gasteiger partial charge in [0.15, 0.2) is 5.16 Å². The van der Waals surface area contributed by atoms with E-state index in [-0.39, 0.29) is 11.9 Å². The summed E-state index contributed by atoms with van der Waals surface area (Å²) in [7, 11) is 0. The van der Waals surface area contributed by atoms with Gasteiger partial charge in [0.05, 0.1) is 25.0 Å². The molecule has 7 nitrogen and oxygen atoms in total. The number of nitrogens with zero attached hydrogens (tertiary/aromatic N) is 4. The molecule has 0 aliphatic carbocycles. The summed E-state index contributed by atoms with van der Waals surface area (Å²) in [4.78, 5) is 14.7. The summed E-state index contributed by atoms with van der Waals surface area (Å²) in [5.74, 6) is 1.12. The van der Waals surface area contributed by atoms with Crippen molar-refractivity contribution in [3.8, 4) is 0 Å². The fourth-order valence-electron chi connectivity index (χ4n) is 3.14. The molecule has 1 atom stereocenters. The normalized spacial score (nSPS) is 15.5. The van der Waals surface area contributed by atoms with Gasteiger partial charge in [0, 0.05) is 24.7 Å². The first-order valence-corrected chi connectivity index (χ1v) is 10.9. The number of thioether (sulfide) groups is 1. The predicted molar refractivity (Wildman–Crippen MR) is 112 cm³/mol. The zero-order chi connectivity index (χ0) is 19.9. The van der Waals surface area contributed by atoms with Crippen molar-refractivity contribution in [2.75, 3.05) is 37.0 Å². The number of anilines is 1. The van der Waals surface area contributed by atoms with Crippen LogP contribution in [-0.4, -0.2) is 52.7 Å². The van der Waals surface area contributed by atoms with E-state index in [9.17, 15) is 4.79 Å². The highest BCUT2D eigenvalue weighted by molar-refractivity contribution is 7.99. The Morgan fingerprint density at radius 1 is 1.25 bits per heavy atom. The Balaban J connectivity index is 1.59. The molecule has 0 radical (unpaired) electrons. The molecule has 1 aliphatic rings. The van der Waals surface area contributed by atoms with Gasteiger partial charge in [-0.05, 0) is 31.0 Å². The lowest BCUT2D eigenvalue weighted by molar-refractivity contribution is -0.119. The number of rotatable bonds is 8. The van der Waals surface area contributed by atoms with Crippen molar-refractivity contribution in [3.05, 3.63) is 34.9 Å². The number of halogens is 1. The molecule has 1 amide bonds. The average Bonchev–Trinajstić information content (AvgIpc) is 3.15. The molecule has 1 aromatic heterocycles. The second-order valence-corrected chi connectivity index (χ2v) is 7.87. The highest BCUT2D eigenvalue weighted by Crippen LogP contribution is 2.23. The van der Waals surface area contributed by atoms with Gasteiger partial charge < -0.3 is 15.0 Å². The number of nitrogens with one attached hydrogen (secondary N) is 1. The quantitative estimate of drug-likeness (QED) is 0.657. The molecule has 0 spiro atoms. The van der Waals surface area contributed by atoms with Crippen LogP contribution in [-0.2, 0) is 16.1 Å². The summed E-state index contributed by atoms with van der Waals surface area (Å²) >= 11 is 7.37. The van der Waals surface area contributed by atoms with Crippen molar-refractivity contribution >= 4 is 35.2 Å². The molecule has 28 heavy (non-hydrogen) atoms. The fourth-order valence-corrected chi connectivity index (χ4v) is 4.08. The minimum absolute atomic E-state index is 0.0228. The number of ether oxygens (including phenoxy) is 1. The highest BCUT2D eigenvalue weighted by atomic mass is 35.5. The SMILES string of the molecule is CCC(NC(=O)CSc1nnc(N2CCOCC2)n1CC)c1ccc(Cl)cc1. The van der Waals surface area contributed by atoms with E-state index in [1.54, 1.807) is 0 Å². The number of hydrogen-bond acceptors (Lipinski definition) is 6. The molecule has 0 saturated carbocycles. The molecule has 1 fully saturated rings. The topological polar surface area (TPSA) is 72.3 Å². The number of carbonyl (C=O) groups is 1. The molecule has 1 aromatic carbocycles. The maximum Gasteiger partial charge on any atom is 0.230 e. The van der Waals surface area contributed by atoms with Crippen molar-refractivity contribution in [1.82, 2.24) is 20.1 Å². The van der Waals surface area contributed by atoms with Crippen LogP contribution in [0.4, 0.5) is 5.95 Å². The van der Waals surface area contributed by atoms with E-state index in [4.69, 9.17) is 16.3 Å². The fraction of sp³-hybridized carbons (Fsp3) is 0.526. The molecular weight excluding hydrogens is 398 g/mol. The van der Waals surface area contributed by atoms with Crippen LogP contribution < -0.4 is 10.2 Å². The van der Waals surface area contributed by atoms with Gasteiger partial charge in [0.25, 0.3) is 0 Å². The molecule has 1 unspecified atom stereocenters. The van der Waals surface area contributed by atoms with Crippen LogP contribution in [0.5, 0.6) is 0 Å². The Morgan fingerprint density at radius 3 is 2.61 bits per heavy atom. The monoisotopic (exact) mass is 423 g/mol. The van der Waals surface area contributed by atoms with E-state index >= 15 is 0 Å². The van der Waals surface area contributed by atoms with E-state index in [0.717, 1.165) is 42.7 Å². The number of hydrogen-bond donors (Lipinski definition) is 1. The summed E-state index contributed by atoms with van der Waals surface area (Å²) in [5.41, 5.74) is 1.05. The van der Waals surface area contributed by atoms with E-state index in [2.05, 4.69) is 38.8 Å². The predicted octanol–water partition coefficient (Wildman–Crippen LogP) is 3.15. The third-order valence-corrected chi connectivity index (χ3v) is 5.87. The molecule has 1 aliphatic heterocycles. The summed E-state index contributed by atoms with van der Waals surface area (Å²) in [6, 6.07) is 7.56. The Bertz CT molecular complexity index is 777. The number of carbonyl (C=O) groups excluding carboxylic acids is 1. The molecule has 152 valence electrons. The van der Waals surface area contributed by atoms with Crippen LogP contribution in [0.2, 0.25) is 5.02 Å². The third kappa shape index (κ3) is 5.18. The van der Waals surface area contributed by atoms with Crippen molar-refractivity contribution in [3.63, 3.8) is 0 Å². The molecule has 1 saturated heterocycles. The third-order valence-electron chi connectivity index (χ3n) is 4.66. The molecule has 1 N–H and O–H groups in total. The second kappa shape index (κ2) is 10.1. The zero-order valence-electron chi connectivity index (χ0n) is 16.2. The van der Waals surface area contributed by atoms with Crippen molar-refractivity contribution in [2.45, 2.75) is 38.0 Å². The Labute approximate surface area is 174 Å². The summed E-state index contributed by atoms with van der Waals surface area (Å²) in [6.45, 7) is 7.88. The van der Waals surface area contributed by atoms with Gasteiger partial charge in [-0.3, -0.25) is 9.36 Å². The van der Waals surface area contributed by atoms with Crippen LogP contribution in [0.15, 0.2) is 29.4 Å². The van der Waals surface area contributed by atoms with Gasteiger partial charge >= 0.3 is 0 Å². The van der Waals surface area contributed by atoms with Crippen molar-refractivity contribution in [2.24, 2.45) is 0 Å². The van der Waals surface area contributed by atoms with Crippen molar-refractivity contribution < 1.29 is 9.53 Å². The number of amides is 1. The molecule has 2 aromatic rings. The highest BCUT2D eigenvalue weighted by Gasteiger charge is 2.21. The van der Waals surface area contributed by atoms with E-state index < -0.39 is 0 Å². The van der Waals surface area contributed by atoms with Gasteiger partial charge in [0.2, 0.25) is 11.9 Å². The Hall–Kier alpha value is -1.77. The minimum atomic E-state index is -0.0293. The first-order valence-electron chi connectivity index (χ1n) is 9.55. The van der Waals surface area contributed by atoms with Crippen LogP contribution in [0, 0.1) is 0 Å². The van der Waals surface area contributed by atoms with Gasteiger partial charge in [-0.25, -0.2) is 0 Å². The maximum atomic E-state index is 12.5. The number of aromatic nitrogens is 3. The standard InChI is InChI=1S/C19H26ClN5O2S/c1-3-16(14-5-7-15(20)8-6-14)21-17(26)13-28-19-23-22-18(25(19)4-2)24-9-11-27-12-10-24/h5-8,16H,3-4,9-13H2,1-2H3,(H,21,26). The van der Waals surface area contributed by atoms with E-state index in [1.807, 2.05) is 24.3 Å². The molecular formula is C19H26ClN5O2S.